The number of carbonyl (C=O) groups excluding carboxylic acids is 2. The lowest BCUT2D eigenvalue weighted by Gasteiger charge is -2.39. The Bertz CT molecular complexity index is 1580. The Morgan fingerprint density at radius 3 is 2.23 bits per heavy atom. The number of fused-ring (bicyclic) bond motifs is 1. The van der Waals surface area contributed by atoms with Crippen molar-refractivity contribution >= 4 is 38.9 Å². The molecule has 1 saturated heterocycles. The van der Waals surface area contributed by atoms with Gasteiger partial charge in [-0.3, -0.25) is 13.9 Å². The van der Waals surface area contributed by atoms with E-state index in [0.717, 1.165) is 15.9 Å². The molecule has 0 aliphatic carbocycles. The summed E-state index contributed by atoms with van der Waals surface area (Å²) in [5.74, 6) is -2.33. The van der Waals surface area contributed by atoms with Gasteiger partial charge in [-0.25, -0.2) is 17.2 Å². The van der Waals surface area contributed by atoms with E-state index in [1.807, 2.05) is 6.92 Å². The van der Waals surface area contributed by atoms with Crippen molar-refractivity contribution in [3.63, 3.8) is 0 Å². The zero-order valence-corrected chi connectivity index (χ0v) is 23.3. The fourth-order valence-corrected chi connectivity index (χ4v) is 7.69. The smallest absolute Gasteiger partial charge is 0.265 e. The summed E-state index contributed by atoms with van der Waals surface area (Å²) in [7, 11) is -4.24. The highest BCUT2D eigenvalue weighted by Gasteiger charge is 2.43. The van der Waals surface area contributed by atoms with Crippen molar-refractivity contribution in [2.75, 3.05) is 40.7 Å². The molecule has 1 unspecified atom stereocenters. The number of rotatable bonds is 5. The van der Waals surface area contributed by atoms with Crippen LogP contribution in [-0.4, -0.2) is 57.4 Å². The summed E-state index contributed by atoms with van der Waals surface area (Å²) >= 11 is 0. The Morgan fingerprint density at radius 1 is 0.925 bits per heavy atom. The van der Waals surface area contributed by atoms with Crippen LogP contribution in [0.25, 0.3) is 0 Å². The molecule has 5 rings (SSSR count). The molecule has 1 atom stereocenters. The van der Waals surface area contributed by atoms with Crippen LogP contribution in [0.2, 0.25) is 0 Å². The summed E-state index contributed by atoms with van der Waals surface area (Å²) < 4.78 is 57.1. The second kappa shape index (κ2) is 10.5. The number of aryl methyl sites for hydroxylation is 3. The van der Waals surface area contributed by atoms with Crippen LogP contribution < -0.4 is 14.5 Å². The second-order valence-corrected chi connectivity index (χ2v) is 12.0. The molecule has 210 valence electrons. The van der Waals surface area contributed by atoms with E-state index in [1.165, 1.54) is 12.1 Å². The molecule has 0 saturated carbocycles. The van der Waals surface area contributed by atoms with Gasteiger partial charge in [-0.05, 0) is 56.2 Å². The molecule has 0 bridgehead atoms. The molecule has 0 radical (unpaired) electrons. The predicted molar refractivity (Wildman–Crippen MR) is 149 cm³/mol. The van der Waals surface area contributed by atoms with Gasteiger partial charge in [-0.2, -0.15) is 0 Å². The van der Waals surface area contributed by atoms with Crippen molar-refractivity contribution in [1.29, 1.82) is 0 Å². The molecule has 2 aliphatic heterocycles. The Morgan fingerprint density at radius 2 is 1.57 bits per heavy atom. The third-order valence-corrected chi connectivity index (χ3v) is 9.49. The van der Waals surface area contributed by atoms with Gasteiger partial charge in [-0.1, -0.05) is 29.8 Å². The van der Waals surface area contributed by atoms with Gasteiger partial charge in [-0.15, -0.1) is 0 Å². The summed E-state index contributed by atoms with van der Waals surface area (Å²) in [6, 6.07) is 12.2. The van der Waals surface area contributed by atoms with E-state index in [-0.39, 0.29) is 35.8 Å². The van der Waals surface area contributed by atoms with Crippen LogP contribution in [0.4, 0.5) is 25.8 Å². The quantitative estimate of drug-likeness (QED) is 0.500. The van der Waals surface area contributed by atoms with Crippen LogP contribution in [0.1, 0.15) is 23.1 Å². The van der Waals surface area contributed by atoms with Gasteiger partial charge in [0.05, 0.1) is 28.4 Å². The lowest BCUT2D eigenvalue weighted by atomic mass is 10.1. The largest absolute Gasteiger partial charge is 0.366 e. The predicted octanol–water partition coefficient (Wildman–Crippen LogP) is 4.14. The van der Waals surface area contributed by atoms with Crippen LogP contribution in [0.15, 0.2) is 59.5 Å². The summed E-state index contributed by atoms with van der Waals surface area (Å²) in [6.45, 7) is 6.40. The molecular weight excluding hydrogens is 538 g/mol. The number of nitrogens with zero attached hydrogens (tertiary/aromatic N) is 3. The summed E-state index contributed by atoms with van der Waals surface area (Å²) in [6.07, 6.45) is -0.367. The van der Waals surface area contributed by atoms with Crippen LogP contribution in [0, 0.1) is 32.4 Å². The molecule has 2 heterocycles. The van der Waals surface area contributed by atoms with Gasteiger partial charge in [0.15, 0.2) is 0 Å². The highest BCUT2D eigenvalue weighted by Crippen LogP contribution is 2.39. The highest BCUT2D eigenvalue weighted by atomic mass is 32.2. The van der Waals surface area contributed by atoms with Gasteiger partial charge in [0.25, 0.3) is 10.0 Å². The average Bonchev–Trinajstić information content (AvgIpc) is 2.88. The van der Waals surface area contributed by atoms with Gasteiger partial charge in [0, 0.05) is 32.2 Å². The first-order valence-electron chi connectivity index (χ1n) is 13.0. The SMILES string of the molecule is Cc1cc(C)c(S(=O)(=O)N2c3ccccc3NC(=O)C2CC(=O)N2CCN(c3ccc(F)cc3F)CC2)c(C)c1. The third kappa shape index (κ3) is 5.01. The van der Waals surface area contributed by atoms with Crippen LogP contribution in [0.5, 0.6) is 0 Å². The fourth-order valence-electron chi connectivity index (χ4n) is 5.64. The normalized spacial score (nSPS) is 17.5. The first-order chi connectivity index (χ1) is 19.0. The van der Waals surface area contributed by atoms with Crippen molar-refractivity contribution in [2.24, 2.45) is 0 Å². The summed E-state index contributed by atoms with van der Waals surface area (Å²) in [5.41, 5.74) is 2.90. The number of hydrogen-bond donors (Lipinski definition) is 1. The van der Waals surface area contributed by atoms with E-state index < -0.39 is 39.5 Å². The molecule has 3 aromatic rings. The molecule has 40 heavy (non-hydrogen) atoms. The molecule has 11 heteroatoms. The molecule has 0 aromatic heterocycles. The third-order valence-electron chi connectivity index (χ3n) is 7.36. The number of para-hydroxylation sites is 2. The minimum absolute atomic E-state index is 0.106. The van der Waals surface area contributed by atoms with Gasteiger partial charge < -0.3 is 15.1 Å². The first-order valence-corrected chi connectivity index (χ1v) is 14.4. The average molecular weight is 569 g/mol. The van der Waals surface area contributed by atoms with Crippen molar-refractivity contribution < 1.29 is 26.8 Å². The fraction of sp³-hybridized carbons (Fsp3) is 0.310. The first kappa shape index (κ1) is 27.6. The number of benzene rings is 3. The Kier molecular flexibility index (Phi) is 7.26. The van der Waals surface area contributed by atoms with E-state index in [2.05, 4.69) is 5.32 Å². The lowest BCUT2D eigenvalue weighted by Crippen LogP contribution is -2.55. The number of nitrogens with one attached hydrogen (secondary N) is 1. The Balaban J connectivity index is 1.42. The number of piperazine rings is 1. The van der Waals surface area contributed by atoms with E-state index in [0.29, 0.717) is 29.9 Å². The van der Waals surface area contributed by atoms with Crippen LogP contribution in [0.3, 0.4) is 0 Å². The number of hydrogen-bond acceptors (Lipinski definition) is 5. The van der Waals surface area contributed by atoms with Gasteiger partial charge in [0.1, 0.15) is 17.7 Å². The Labute approximate surface area is 232 Å². The molecule has 0 spiro atoms. The van der Waals surface area contributed by atoms with Crippen LogP contribution >= 0.6 is 0 Å². The molecular formula is C29H30F2N4O4S. The maximum Gasteiger partial charge on any atom is 0.265 e. The molecule has 1 N–H and O–H groups in total. The minimum atomic E-state index is -4.24. The number of sulfonamides is 1. The van der Waals surface area contributed by atoms with Crippen molar-refractivity contribution in [3.05, 3.63) is 82.9 Å². The van der Waals surface area contributed by atoms with Gasteiger partial charge >= 0.3 is 0 Å². The second-order valence-electron chi connectivity index (χ2n) is 10.2. The molecule has 2 amide bonds. The molecule has 1 fully saturated rings. The van der Waals surface area contributed by atoms with Crippen LogP contribution in [-0.2, 0) is 19.6 Å². The maximum absolute atomic E-state index is 14.3. The summed E-state index contributed by atoms with van der Waals surface area (Å²) in [4.78, 5) is 30.1. The van der Waals surface area contributed by atoms with E-state index in [4.69, 9.17) is 0 Å². The number of amides is 2. The summed E-state index contributed by atoms with van der Waals surface area (Å²) in [5, 5.41) is 2.75. The van der Waals surface area contributed by atoms with E-state index in [9.17, 15) is 26.8 Å². The van der Waals surface area contributed by atoms with E-state index >= 15 is 0 Å². The molecule has 2 aliphatic rings. The van der Waals surface area contributed by atoms with Gasteiger partial charge in [0.2, 0.25) is 11.8 Å². The van der Waals surface area contributed by atoms with Crippen molar-refractivity contribution in [2.45, 2.75) is 38.1 Å². The standard InChI is InChI=1S/C29H30F2N4O4S/c1-18-14-19(2)28(20(3)15-18)40(38,39)35-25-7-5-4-6-23(25)32-29(37)26(35)17-27(36)34-12-10-33(11-13-34)24-9-8-21(30)16-22(24)31/h4-9,14-16,26H,10-13,17H2,1-3H3,(H,32,37). The monoisotopic (exact) mass is 568 g/mol. The number of anilines is 3. The zero-order valence-electron chi connectivity index (χ0n) is 22.4. The van der Waals surface area contributed by atoms with E-state index in [1.54, 1.807) is 60.0 Å². The molecule has 8 nitrogen and oxygen atoms in total. The molecule has 3 aromatic carbocycles. The highest BCUT2D eigenvalue weighted by molar-refractivity contribution is 7.93. The van der Waals surface area contributed by atoms with Crippen molar-refractivity contribution in [1.82, 2.24) is 4.90 Å². The van der Waals surface area contributed by atoms with Crippen molar-refractivity contribution in [3.8, 4) is 0 Å². The maximum atomic E-state index is 14.3. The Hall–Kier alpha value is -3.99. The number of carbonyl (C=O) groups is 2. The topological polar surface area (TPSA) is 90.0 Å². The lowest BCUT2D eigenvalue weighted by molar-refractivity contribution is -0.133. The minimum Gasteiger partial charge on any atom is -0.366 e. The number of halogens is 2. The zero-order chi connectivity index (χ0) is 28.8.